The van der Waals surface area contributed by atoms with Crippen LogP contribution in [0.2, 0.25) is 0 Å². The second-order valence-electron chi connectivity index (χ2n) is 14.2. The number of likely N-dealkylation sites (N-methyl/N-ethyl adjacent to an activating group) is 1. The van der Waals surface area contributed by atoms with Gasteiger partial charge in [-0.15, -0.1) is 0 Å². The molecule has 304 valence electrons. The van der Waals surface area contributed by atoms with E-state index in [1.54, 1.807) is 37.3 Å². The first-order valence-electron chi connectivity index (χ1n) is 19.2. The molecule has 0 saturated heterocycles. The number of hydrogen-bond donors (Lipinski definition) is 5. The van der Waals surface area contributed by atoms with Gasteiger partial charge in [-0.3, -0.25) is 28.8 Å². The van der Waals surface area contributed by atoms with Crippen LogP contribution < -0.4 is 37.3 Å². The van der Waals surface area contributed by atoms with Crippen molar-refractivity contribution < 1.29 is 38.2 Å². The Labute approximate surface area is 329 Å². The molecule has 3 amide bonds. The molecule has 3 rings (SSSR count). The largest absolute Gasteiger partial charge is 0.492 e. The van der Waals surface area contributed by atoms with E-state index in [-0.39, 0.29) is 88.8 Å². The Morgan fingerprint density at radius 2 is 1.61 bits per heavy atom. The minimum Gasteiger partial charge on any atom is -0.492 e. The van der Waals surface area contributed by atoms with Crippen LogP contribution in [0.25, 0.3) is 11.1 Å². The summed E-state index contributed by atoms with van der Waals surface area (Å²) in [6, 6.07) is 9.36. The van der Waals surface area contributed by atoms with E-state index in [0.717, 1.165) is 0 Å². The summed E-state index contributed by atoms with van der Waals surface area (Å²) in [5, 5.41) is 14.7. The number of nitrogens with one attached hydrogen (secondary N) is 2. The van der Waals surface area contributed by atoms with Gasteiger partial charge in [0.2, 0.25) is 17.7 Å². The standard InChI is InChI=1S/C41H57N7O8/c1-5-7-32(46-26(3)49)35(51)24-29(13-15-43)41(54)48(4)39-28-10-12-38(56-19-17-45)31(23-28)30-21-27(9-11-37(30)55-18-16-44)22-33(34(50)8-6-14-42)47-40(53)25(2)20-36(39)52/h9-12,21,23,25,29,32-33,39H,5-8,13,15-20,22,24,43-45H2,1-4H3,(H,46,49)(H,47,53)/t25-,29-,32+,33+,39+/m1/s1. The van der Waals surface area contributed by atoms with Crippen molar-refractivity contribution in [3.05, 3.63) is 47.5 Å². The molecular weight excluding hydrogens is 718 g/mol. The summed E-state index contributed by atoms with van der Waals surface area (Å²) >= 11 is 0. The van der Waals surface area contributed by atoms with Gasteiger partial charge in [-0.25, -0.2) is 0 Å². The van der Waals surface area contributed by atoms with Crippen LogP contribution in [0.1, 0.15) is 82.9 Å². The number of nitrogens with two attached hydrogens (primary N) is 3. The van der Waals surface area contributed by atoms with E-state index in [2.05, 4.69) is 10.6 Å². The molecule has 0 fully saturated rings. The zero-order valence-electron chi connectivity index (χ0n) is 32.9. The number of carbonyl (C=O) groups excluding carboxylic acids is 6. The van der Waals surface area contributed by atoms with Gasteiger partial charge in [-0.05, 0) is 61.2 Å². The first kappa shape index (κ1) is 45.2. The van der Waals surface area contributed by atoms with Crippen LogP contribution in [0.3, 0.4) is 0 Å². The highest BCUT2D eigenvalue weighted by molar-refractivity contribution is 5.97. The number of carbonyl (C=O) groups is 6. The Kier molecular flexibility index (Phi) is 18.1. The van der Waals surface area contributed by atoms with Gasteiger partial charge in [-0.1, -0.05) is 32.4 Å². The Morgan fingerprint density at radius 3 is 2.20 bits per heavy atom. The Hall–Kier alpha value is -5.17. The predicted octanol–water partition coefficient (Wildman–Crippen LogP) is 2.27. The van der Waals surface area contributed by atoms with Crippen molar-refractivity contribution in [1.82, 2.24) is 15.5 Å². The number of benzene rings is 2. The molecule has 1 aliphatic heterocycles. The lowest BCUT2D eigenvalue weighted by atomic mass is 9.88. The molecule has 0 aliphatic carbocycles. The first-order valence-corrected chi connectivity index (χ1v) is 19.2. The van der Waals surface area contributed by atoms with Crippen LogP contribution in [-0.2, 0) is 35.2 Å². The smallest absolute Gasteiger partial charge is 0.226 e. The van der Waals surface area contributed by atoms with Crippen LogP contribution in [0.5, 0.6) is 11.5 Å². The van der Waals surface area contributed by atoms with Crippen LogP contribution in [-0.4, -0.2) is 92.0 Å². The summed E-state index contributed by atoms with van der Waals surface area (Å²) < 4.78 is 12.1. The molecule has 15 heteroatoms. The second kappa shape index (κ2) is 22.4. The summed E-state index contributed by atoms with van der Waals surface area (Å²) in [7, 11) is 1.48. The molecule has 2 aromatic rings. The highest BCUT2D eigenvalue weighted by Gasteiger charge is 2.36. The third kappa shape index (κ3) is 12.4. The van der Waals surface area contributed by atoms with Gasteiger partial charge in [0.25, 0.3) is 0 Å². The van der Waals surface area contributed by atoms with Crippen molar-refractivity contribution in [2.45, 2.75) is 90.3 Å². The number of hydrogen-bond acceptors (Lipinski definition) is 12. The highest BCUT2D eigenvalue weighted by atomic mass is 16.5. The lowest BCUT2D eigenvalue weighted by molar-refractivity contribution is -0.144. The van der Waals surface area contributed by atoms with Gasteiger partial charge in [0.05, 0.1) is 18.2 Å². The highest BCUT2D eigenvalue weighted by Crippen LogP contribution is 2.41. The molecule has 8 N–H and O–H groups in total. The predicted molar refractivity (Wildman–Crippen MR) is 210 cm³/mol. The molecule has 2 aromatic carbocycles. The fraction of sp³-hybridized carbons (Fsp3) is 0.537. The molecular formula is C41H57N7O8. The number of nitriles is 1. The maximum Gasteiger partial charge on any atom is 0.226 e. The zero-order valence-corrected chi connectivity index (χ0v) is 32.9. The lowest BCUT2D eigenvalue weighted by Crippen LogP contribution is -2.46. The van der Waals surface area contributed by atoms with Crippen LogP contribution >= 0.6 is 0 Å². The Bertz CT molecular complexity index is 1760. The topological polar surface area (TPSA) is 250 Å². The fourth-order valence-corrected chi connectivity index (χ4v) is 6.87. The third-order valence-corrected chi connectivity index (χ3v) is 9.68. The number of fused-ring (bicyclic) bond motifs is 5. The number of amides is 3. The maximum atomic E-state index is 14.5. The number of Topliss-reactive ketones (excluding diaryl/α,β-unsaturated/α-hetero) is 3. The molecule has 5 atom stereocenters. The second-order valence-corrected chi connectivity index (χ2v) is 14.2. The number of rotatable bonds is 19. The molecule has 15 nitrogen and oxygen atoms in total. The van der Waals surface area contributed by atoms with E-state index >= 15 is 0 Å². The van der Waals surface area contributed by atoms with Gasteiger partial charge in [0, 0.05) is 75.7 Å². The quantitative estimate of drug-likeness (QED) is 0.138. The normalized spacial score (nSPS) is 18.0. The molecule has 0 radical (unpaired) electrons. The van der Waals surface area contributed by atoms with Gasteiger partial charge in [0.1, 0.15) is 30.8 Å². The monoisotopic (exact) mass is 775 g/mol. The summed E-state index contributed by atoms with van der Waals surface area (Å²) in [4.78, 5) is 82.6. The molecule has 1 aliphatic rings. The minimum absolute atomic E-state index is 0.0315. The van der Waals surface area contributed by atoms with Gasteiger partial charge in [0.15, 0.2) is 17.3 Å². The molecule has 0 saturated carbocycles. The molecule has 0 unspecified atom stereocenters. The van der Waals surface area contributed by atoms with E-state index in [9.17, 15) is 34.0 Å². The van der Waals surface area contributed by atoms with E-state index < -0.39 is 47.6 Å². The zero-order chi connectivity index (χ0) is 41.4. The fourth-order valence-electron chi connectivity index (χ4n) is 6.87. The van der Waals surface area contributed by atoms with Crippen molar-refractivity contribution in [3.8, 4) is 28.7 Å². The average Bonchev–Trinajstić information content (AvgIpc) is 3.17. The van der Waals surface area contributed by atoms with Gasteiger partial charge >= 0.3 is 0 Å². The van der Waals surface area contributed by atoms with E-state index in [1.807, 2.05) is 19.1 Å². The third-order valence-electron chi connectivity index (χ3n) is 9.68. The lowest BCUT2D eigenvalue weighted by Gasteiger charge is -2.32. The Balaban J connectivity index is 2.26. The van der Waals surface area contributed by atoms with Crippen molar-refractivity contribution in [1.29, 1.82) is 5.26 Å². The molecule has 0 aromatic heterocycles. The number of nitrogens with zero attached hydrogens (tertiary/aromatic N) is 2. The van der Waals surface area contributed by atoms with Gasteiger partial charge < -0.3 is 42.2 Å². The average molecular weight is 776 g/mol. The van der Waals surface area contributed by atoms with Crippen LogP contribution in [0, 0.1) is 23.2 Å². The van der Waals surface area contributed by atoms with E-state index in [4.69, 9.17) is 26.7 Å². The van der Waals surface area contributed by atoms with Gasteiger partial charge in [-0.2, -0.15) is 5.26 Å². The van der Waals surface area contributed by atoms with Crippen molar-refractivity contribution in [3.63, 3.8) is 0 Å². The maximum absolute atomic E-state index is 14.5. The molecule has 4 bridgehead atoms. The van der Waals surface area contributed by atoms with Crippen molar-refractivity contribution >= 4 is 35.1 Å². The van der Waals surface area contributed by atoms with E-state index in [1.165, 1.54) is 18.9 Å². The molecule has 1 heterocycles. The number of ether oxygens (including phenoxy) is 2. The van der Waals surface area contributed by atoms with Crippen LogP contribution in [0.15, 0.2) is 36.4 Å². The first-order chi connectivity index (χ1) is 26.8. The summed E-state index contributed by atoms with van der Waals surface area (Å²) in [6.45, 7) is 5.63. The summed E-state index contributed by atoms with van der Waals surface area (Å²) in [6.07, 6.45) is 0.633. The Morgan fingerprint density at radius 1 is 0.964 bits per heavy atom. The van der Waals surface area contributed by atoms with Crippen molar-refractivity contribution in [2.75, 3.05) is 39.9 Å². The summed E-state index contributed by atoms with van der Waals surface area (Å²) in [5.41, 5.74) is 19.7. The number of ketones is 3. The van der Waals surface area contributed by atoms with E-state index in [0.29, 0.717) is 46.6 Å². The van der Waals surface area contributed by atoms with Crippen molar-refractivity contribution in [2.24, 2.45) is 29.0 Å². The SMILES string of the molecule is CCC[C@H](NC(C)=O)C(=O)C[C@@H](CCN)C(=O)N(C)[C@@H]1C(=O)C[C@@H](C)C(=O)N[C@H](C(=O)CCC#N)Cc2ccc(OCCN)c(c2)-c2cc1ccc2OCCN. The minimum atomic E-state index is -1.23. The molecule has 56 heavy (non-hydrogen) atoms. The van der Waals surface area contributed by atoms with Crippen LogP contribution in [0.4, 0.5) is 0 Å². The molecule has 0 spiro atoms. The summed E-state index contributed by atoms with van der Waals surface area (Å²) in [5.74, 6) is -3.53.